The summed E-state index contributed by atoms with van der Waals surface area (Å²) >= 11 is 1.07. The van der Waals surface area contributed by atoms with Crippen molar-refractivity contribution in [3.8, 4) is 0 Å². The molecule has 2 aromatic rings. The van der Waals surface area contributed by atoms with Gasteiger partial charge in [-0.3, -0.25) is 4.79 Å². The Labute approximate surface area is 149 Å². The van der Waals surface area contributed by atoms with E-state index in [1.807, 2.05) is 13.8 Å². The molecule has 1 aliphatic rings. The van der Waals surface area contributed by atoms with Crippen molar-refractivity contribution >= 4 is 33.1 Å². The lowest BCUT2D eigenvalue weighted by Crippen LogP contribution is -2.47. The molecule has 10 heteroatoms. The summed E-state index contributed by atoms with van der Waals surface area (Å²) in [6.07, 6.45) is -0.342. The molecule has 1 aliphatic heterocycles. The summed E-state index contributed by atoms with van der Waals surface area (Å²) in [7, 11) is -3.66. The highest BCUT2D eigenvalue weighted by atomic mass is 32.2. The number of carbonyl (C=O) groups is 1. The summed E-state index contributed by atoms with van der Waals surface area (Å²) < 4.78 is 37.4. The molecule has 1 N–H and O–H groups in total. The minimum absolute atomic E-state index is 0.111. The maximum absolute atomic E-state index is 12.8. The average Bonchev–Trinajstić information content (AvgIpc) is 3.16. The normalized spacial score (nSPS) is 22.0. The molecule has 3 heterocycles. The van der Waals surface area contributed by atoms with Gasteiger partial charge in [0.2, 0.25) is 10.0 Å². The molecular formula is C15H19N3O5S2. The van der Waals surface area contributed by atoms with Crippen LogP contribution in [0.15, 0.2) is 26.9 Å². The predicted octanol–water partition coefficient (Wildman–Crippen LogP) is 2.09. The summed E-state index contributed by atoms with van der Waals surface area (Å²) in [4.78, 5) is 12.6. The fourth-order valence-corrected chi connectivity index (χ4v) is 5.40. The number of sulfonamides is 1. The first kappa shape index (κ1) is 18.1. The molecule has 0 spiro atoms. The number of aromatic nitrogens is 1. The summed E-state index contributed by atoms with van der Waals surface area (Å²) in [5.41, 5.74) is 0. The minimum atomic E-state index is -3.66. The minimum Gasteiger partial charge on any atom is -0.373 e. The van der Waals surface area contributed by atoms with Gasteiger partial charge in [-0.05, 0) is 26.8 Å². The third kappa shape index (κ3) is 3.92. The first-order valence-corrected chi connectivity index (χ1v) is 10.1. The first-order valence-electron chi connectivity index (χ1n) is 7.74. The second kappa shape index (κ2) is 6.87. The zero-order valence-corrected chi connectivity index (χ0v) is 15.7. The van der Waals surface area contributed by atoms with Gasteiger partial charge in [0.05, 0.1) is 22.0 Å². The number of rotatable bonds is 4. The molecule has 25 heavy (non-hydrogen) atoms. The molecule has 1 fully saturated rings. The van der Waals surface area contributed by atoms with Gasteiger partial charge in [0, 0.05) is 24.5 Å². The van der Waals surface area contributed by atoms with Gasteiger partial charge >= 0.3 is 0 Å². The second-order valence-corrected chi connectivity index (χ2v) is 8.85. The van der Waals surface area contributed by atoms with Crippen LogP contribution in [0.3, 0.4) is 0 Å². The second-order valence-electron chi connectivity index (χ2n) is 6.00. The van der Waals surface area contributed by atoms with E-state index in [4.69, 9.17) is 9.26 Å². The number of nitrogens with one attached hydrogen (secondary N) is 1. The van der Waals surface area contributed by atoms with Crippen molar-refractivity contribution in [2.24, 2.45) is 0 Å². The molecule has 0 aliphatic carbocycles. The number of thiophene rings is 1. The van der Waals surface area contributed by atoms with Crippen LogP contribution in [0.4, 0.5) is 5.82 Å². The summed E-state index contributed by atoms with van der Waals surface area (Å²) in [6.45, 7) is 5.97. The van der Waals surface area contributed by atoms with Gasteiger partial charge in [-0.1, -0.05) is 5.16 Å². The van der Waals surface area contributed by atoms with Gasteiger partial charge < -0.3 is 14.6 Å². The average molecular weight is 385 g/mol. The van der Waals surface area contributed by atoms with E-state index in [0.717, 1.165) is 11.3 Å². The summed E-state index contributed by atoms with van der Waals surface area (Å²) in [5, 5.41) is 7.74. The zero-order valence-electron chi connectivity index (χ0n) is 14.1. The van der Waals surface area contributed by atoms with Crippen molar-refractivity contribution < 1.29 is 22.5 Å². The van der Waals surface area contributed by atoms with Crippen molar-refractivity contribution in [1.29, 1.82) is 0 Å². The lowest BCUT2D eigenvalue weighted by molar-refractivity contribution is -0.0440. The Hall–Kier alpha value is -1.75. The topological polar surface area (TPSA) is 102 Å². The van der Waals surface area contributed by atoms with Crippen LogP contribution in [0.1, 0.15) is 29.3 Å². The van der Waals surface area contributed by atoms with Gasteiger partial charge in [-0.25, -0.2) is 8.42 Å². The highest BCUT2D eigenvalue weighted by molar-refractivity contribution is 7.89. The Kier molecular flexibility index (Phi) is 4.96. The van der Waals surface area contributed by atoms with Gasteiger partial charge in [-0.2, -0.15) is 4.31 Å². The molecule has 3 rings (SSSR count). The molecule has 0 unspecified atom stereocenters. The van der Waals surface area contributed by atoms with Crippen molar-refractivity contribution in [3.05, 3.63) is 28.2 Å². The number of anilines is 1. The fourth-order valence-electron chi connectivity index (χ4n) is 2.65. The Bertz CT molecular complexity index is 863. The molecule has 0 bridgehead atoms. The van der Waals surface area contributed by atoms with Crippen molar-refractivity contribution in [1.82, 2.24) is 9.46 Å². The van der Waals surface area contributed by atoms with Crippen LogP contribution in [0.25, 0.3) is 0 Å². The molecule has 1 amide bonds. The van der Waals surface area contributed by atoms with Crippen LogP contribution < -0.4 is 5.32 Å². The number of nitrogens with zero attached hydrogens (tertiary/aromatic N) is 2. The quantitative estimate of drug-likeness (QED) is 0.865. The number of carbonyl (C=O) groups excluding carboxylic acids is 1. The van der Waals surface area contributed by atoms with Gasteiger partial charge in [0.1, 0.15) is 5.76 Å². The van der Waals surface area contributed by atoms with Crippen LogP contribution in [0, 0.1) is 6.92 Å². The van der Waals surface area contributed by atoms with Crippen LogP contribution >= 0.6 is 11.3 Å². The van der Waals surface area contributed by atoms with E-state index < -0.39 is 15.9 Å². The van der Waals surface area contributed by atoms with Crippen LogP contribution in [0.2, 0.25) is 0 Å². The molecule has 2 atom stereocenters. The SMILES string of the molecule is Cc1cc(NC(=O)c2cc(S(=O)(=O)N3C[C@@H](C)O[C@@H](C)C3)cs2)no1. The fraction of sp³-hybridized carbons (Fsp3) is 0.467. The zero-order chi connectivity index (χ0) is 18.2. The molecular weight excluding hydrogens is 366 g/mol. The van der Waals surface area contributed by atoms with E-state index in [-0.39, 0.29) is 27.8 Å². The van der Waals surface area contributed by atoms with E-state index in [0.29, 0.717) is 18.8 Å². The van der Waals surface area contributed by atoms with Crippen LogP contribution in [-0.2, 0) is 14.8 Å². The standard InChI is InChI=1S/C15H19N3O5S2/c1-9-4-14(17-23-9)16-15(19)13-5-12(8-24-13)25(20,21)18-6-10(2)22-11(3)7-18/h4-5,8,10-11H,6-7H2,1-3H3,(H,16,17,19)/t10-,11+. The van der Waals surface area contributed by atoms with E-state index in [9.17, 15) is 13.2 Å². The van der Waals surface area contributed by atoms with E-state index >= 15 is 0 Å². The van der Waals surface area contributed by atoms with Crippen molar-refractivity contribution in [3.63, 3.8) is 0 Å². The monoisotopic (exact) mass is 385 g/mol. The lowest BCUT2D eigenvalue weighted by Gasteiger charge is -2.34. The number of aryl methyl sites for hydroxylation is 1. The van der Waals surface area contributed by atoms with E-state index in [1.165, 1.54) is 15.8 Å². The number of ether oxygens (including phenoxy) is 1. The van der Waals surface area contributed by atoms with Gasteiger partial charge in [0.25, 0.3) is 5.91 Å². The summed E-state index contributed by atoms with van der Waals surface area (Å²) in [6, 6.07) is 2.97. The molecule has 0 saturated carbocycles. The Morgan fingerprint density at radius 1 is 1.32 bits per heavy atom. The van der Waals surface area contributed by atoms with Gasteiger partial charge in [-0.15, -0.1) is 11.3 Å². The highest BCUT2D eigenvalue weighted by Gasteiger charge is 2.33. The molecule has 136 valence electrons. The number of morpholine rings is 1. The maximum atomic E-state index is 12.8. The molecule has 1 saturated heterocycles. The first-order chi connectivity index (χ1) is 11.8. The number of hydrogen-bond donors (Lipinski definition) is 1. The maximum Gasteiger partial charge on any atom is 0.267 e. The van der Waals surface area contributed by atoms with Crippen molar-refractivity contribution in [2.75, 3.05) is 18.4 Å². The molecule has 0 radical (unpaired) electrons. The molecule has 8 nitrogen and oxygen atoms in total. The predicted molar refractivity (Wildman–Crippen MR) is 92.3 cm³/mol. The smallest absolute Gasteiger partial charge is 0.267 e. The summed E-state index contributed by atoms with van der Waals surface area (Å²) in [5.74, 6) is 0.430. The Morgan fingerprint density at radius 3 is 2.60 bits per heavy atom. The van der Waals surface area contributed by atoms with E-state index in [1.54, 1.807) is 13.0 Å². The molecule has 2 aromatic heterocycles. The number of amides is 1. The Balaban J connectivity index is 1.76. The highest BCUT2D eigenvalue weighted by Crippen LogP contribution is 2.26. The number of hydrogen-bond acceptors (Lipinski definition) is 7. The van der Waals surface area contributed by atoms with Crippen molar-refractivity contribution in [2.45, 2.75) is 37.9 Å². The van der Waals surface area contributed by atoms with Gasteiger partial charge in [0.15, 0.2) is 5.82 Å². The third-order valence-electron chi connectivity index (χ3n) is 3.69. The molecule has 0 aromatic carbocycles. The third-order valence-corrected chi connectivity index (χ3v) is 6.58. The van der Waals surface area contributed by atoms with Crippen LogP contribution in [-0.4, -0.2) is 49.1 Å². The lowest BCUT2D eigenvalue weighted by atomic mass is 10.3. The van der Waals surface area contributed by atoms with Crippen LogP contribution in [0.5, 0.6) is 0 Å². The van der Waals surface area contributed by atoms with E-state index in [2.05, 4.69) is 10.5 Å². The Morgan fingerprint density at radius 2 is 2.00 bits per heavy atom. The largest absolute Gasteiger partial charge is 0.373 e.